The van der Waals surface area contributed by atoms with Crippen molar-refractivity contribution in [2.75, 3.05) is 26.7 Å². The third-order valence-corrected chi connectivity index (χ3v) is 5.20. The lowest BCUT2D eigenvalue weighted by Crippen LogP contribution is -2.37. The fourth-order valence-corrected chi connectivity index (χ4v) is 3.48. The van der Waals surface area contributed by atoms with E-state index in [0.29, 0.717) is 0 Å². The highest BCUT2D eigenvalue weighted by Gasteiger charge is 2.15. The lowest BCUT2D eigenvalue weighted by Gasteiger charge is -2.30. The molecule has 0 unspecified atom stereocenters. The third kappa shape index (κ3) is 6.43. The van der Waals surface area contributed by atoms with E-state index in [1.807, 2.05) is 12.1 Å². The Morgan fingerprint density at radius 1 is 1.15 bits per heavy atom. The second-order valence-corrected chi connectivity index (χ2v) is 7.46. The molecule has 2 aromatic rings. The van der Waals surface area contributed by atoms with Crippen LogP contribution in [0.25, 0.3) is 0 Å². The maximum Gasteiger partial charge on any atom is 0.191 e. The van der Waals surface area contributed by atoms with Crippen LogP contribution in [0, 0.1) is 5.92 Å². The maximum absolute atomic E-state index is 5.36. The Hall–Kier alpha value is -2.27. The number of guanidine groups is 1. The summed E-state index contributed by atoms with van der Waals surface area (Å²) in [4.78, 5) is 6.87. The zero-order valence-corrected chi connectivity index (χ0v) is 16.6. The SMILES string of the molecule is CN=C(NCCc1ccco1)NCc1cccc(CN2CCC(C)CC2)c1. The Labute approximate surface area is 162 Å². The zero-order valence-electron chi connectivity index (χ0n) is 16.6. The Morgan fingerprint density at radius 3 is 2.70 bits per heavy atom. The average molecular weight is 369 g/mol. The van der Waals surface area contributed by atoms with E-state index in [-0.39, 0.29) is 0 Å². The van der Waals surface area contributed by atoms with Crippen molar-refractivity contribution >= 4 is 5.96 Å². The number of piperidine rings is 1. The molecule has 0 amide bonds. The van der Waals surface area contributed by atoms with Crippen molar-refractivity contribution in [3.63, 3.8) is 0 Å². The lowest BCUT2D eigenvalue weighted by atomic mass is 9.98. The standard InChI is InChI=1S/C22H32N4O/c1-18-9-12-26(13-10-18)17-20-6-3-5-19(15-20)16-25-22(23-2)24-11-8-21-7-4-14-27-21/h3-7,14-15,18H,8-13,16-17H2,1-2H3,(H2,23,24,25). The number of furan rings is 1. The smallest absolute Gasteiger partial charge is 0.191 e. The van der Waals surface area contributed by atoms with Crippen molar-refractivity contribution < 1.29 is 4.42 Å². The van der Waals surface area contributed by atoms with E-state index < -0.39 is 0 Å². The van der Waals surface area contributed by atoms with E-state index in [4.69, 9.17) is 4.42 Å². The monoisotopic (exact) mass is 368 g/mol. The molecule has 1 aromatic heterocycles. The van der Waals surface area contributed by atoms with Gasteiger partial charge in [0.15, 0.2) is 5.96 Å². The molecule has 27 heavy (non-hydrogen) atoms. The Kier molecular flexibility index (Phi) is 7.34. The van der Waals surface area contributed by atoms with Crippen LogP contribution in [0.1, 0.15) is 36.7 Å². The normalized spacial score (nSPS) is 16.4. The third-order valence-electron chi connectivity index (χ3n) is 5.20. The van der Waals surface area contributed by atoms with E-state index in [9.17, 15) is 0 Å². The average Bonchev–Trinajstić information content (AvgIpc) is 3.20. The molecule has 1 fully saturated rings. The van der Waals surface area contributed by atoms with Crippen molar-refractivity contribution in [2.45, 2.75) is 39.3 Å². The molecule has 0 saturated carbocycles. The zero-order chi connectivity index (χ0) is 18.9. The number of nitrogens with zero attached hydrogens (tertiary/aromatic N) is 2. The van der Waals surface area contributed by atoms with Crippen molar-refractivity contribution in [2.24, 2.45) is 10.9 Å². The summed E-state index contributed by atoms with van der Waals surface area (Å²) in [5, 5.41) is 6.73. The number of rotatable bonds is 7. The van der Waals surface area contributed by atoms with Gasteiger partial charge < -0.3 is 15.1 Å². The molecule has 1 aromatic carbocycles. The molecule has 146 valence electrons. The van der Waals surface area contributed by atoms with Gasteiger partial charge >= 0.3 is 0 Å². The van der Waals surface area contributed by atoms with Gasteiger partial charge in [0.1, 0.15) is 5.76 Å². The highest BCUT2D eigenvalue weighted by molar-refractivity contribution is 5.79. The minimum absolute atomic E-state index is 0.769. The number of aliphatic imine (C=N–C) groups is 1. The summed E-state index contributed by atoms with van der Waals surface area (Å²) < 4.78 is 5.36. The minimum atomic E-state index is 0.769. The number of nitrogens with one attached hydrogen (secondary N) is 2. The van der Waals surface area contributed by atoms with Gasteiger partial charge in [-0.1, -0.05) is 31.2 Å². The van der Waals surface area contributed by atoms with Crippen LogP contribution in [0.5, 0.6) is 0 Å². The van der Waals surface area contributed by atoms with Crippen LogP contribution in [0.15, 0.2) is 52.1 Å². The Balaban J connectivity index is 1.44. The van der Waals surface area contributed by atoms with Gasteiger partial charge in [0.25, 0.3) is 0 Å². The van der Waals surface area contributed by atoms with Gasteiger partial charge in [0, 0.05) is 33.1 Å². The molecule has 0 atom stereocenters. The topological polar surface area (TPSA) is 52.8 Å². The summed E-state index contributed by atoms with van der Waals surface area (Å²) in [6.07, 6.45) is 5.19. The van der Waals surface area contributed by atoms with Gasteiger partial charge in [0.05, 0.1) is 6.26 Å². The fourth-order valence-electron chi connectivity index (χ4n) is 3.48. The summed E-state index contributed by atoms with van der Waals surface area (Å²) in [5.41, 5.74) is 2.68. The van der Waals surface area contributed by atoms with Crippen molar-refractivity contribution in [1.82, 2.24) is 15.5 Å². The molecular weight excluding hydrogens is 336 g/mol. The largest absolute Gasteiger partial charge is 0.469 e. The first-order chi connectivity index (χ1) is 13.2. The maximum atomic E-state index is 5.36. The summed E-state index contributed by atoms with van der Waals surface area (Å²) in [6.45, 7) is 7.41. The predicted octanol–water partition coefficient (Wildman–Crippen LogP) is 3.42. The summed E-state index contributed by atoms with van der Waals surface area (Å²) in [6, 6.07) is 12.8. The van der Waals surface area contributed by atoms with Crippen LogP contribution >= 0.6 is 0 Å². The number of hydrogen-bond acceptors (Lipinski definition) is 3. The molecule has 2 heterocycles. The minimum Gasteiger partial charge on any atom is -0.469 e. The van der Waals surface area contributed by atoms with Crippen LogP contribution in [-0.4, -0.2) is 37.5 Å². The van der Waals surface area contributed by atoms with E-state index in [0.717, 1.165) is 43.7 Å². The van der Waals surface area contributed by atoms with Crippen LogP contribution in [-0.2, 0) is 19.5 Å². The number of hydrogen-bond donors (Lipinski definition) is 2. The molecule has 3 rings (SSSR count). The van der Waals surface area contributed by atoms with Crippen molar-refractivity contribution in [1.29, 1.82) is 0 Å². The fraction of sp³-hybridized carbons (Fsp3) is 0.500. The van der Waals surface area contributed by atoms with E-state index in [1.165, 1.54) is 37.1 Å². The summed E-state index contributed by atoms with van der Waals surface area (Å²) in [5.74, 6) is 2.68. The van der Waals surface area contributed by atoms with Crippen LogP contribution < -0.4 is 10.6 Å². The highest BCUT2D eigenvalue weighted by atomic mass is 16.3. The van der Waals surface area contributed by atoms with Gasteiger partial charge in [-0.15, -0.1) is 0 Å². The highest BCUT2D eigenvalue weighted by Crippen LogP contribution is 2.18. The van der Waals surface area contributed by atoms with Gasteiger partial charge in [0.2, 0.25) is 0 Å². The van der Waals surface area contributed by atoms with Gasteiger partial charge in [-0.25, -0.2) is 0 Å². The Morgan fingerprint density at radius 2 is 1.96 bits per heavy atom. The summed E-state index contributed by atoms with van der Waals surface area (Å²) >= 11 is 0. The molecule has 5 nitrogen and oxygen atoms in total. The molecule has 1 saturated heterocycles. The van der Waals surface area contributed by atoms with Crippen molar-refractivity contribution in [3.8, 4) is 0 Å². The van der Waals surface area contributed by atoms with Crippen molar-refractivity contribution in [3.05, 3.63) is 59.5 Å². The van der Waals surface area contributed by atoms with E-state index in [2.05, 4.69) is 51.7 Å². The Bertz CT molecular complexity index is 703. The number of likely N-dealkylation sites (tertiary alicyclic amines) is 1. The molecule has 5 heteroatoms. The van der Waals surface area contributed by atoms with Crippen LogP contribution in [0.4, 0.5) is 0 Å². The molecular formula is C22H32N4O. The van der Waals surface area contributed by atoms with Gasteiger partial charge in [-0.3, -0.25) is 9.89 Å². The first-order valence-electron chi connectivity index (χ1n) is 10.00. The lowest BCUT2D eigenvalue weighted by molar-refractivity contribution is 0.185. The first kappa shape index (κ1) is 19.5. The first-order valence-corrected chi connectivity index (χ1v) is 10.00. The molecule has 1 aliphatic rings. The van der Waals surface area contributed by atoms with Gasteiger partial charge in [-0.2, -0.15) is 0 Å². The second kappa shape index (κ2) is 10.2. The molecule has 2 N–H and O–H groups in total. The summed E-state index contributed by atoms with van der Waals surface area (Å²) in [7, 11) is 1.80. The molecule has 0 aliphatic carbocycles. The van der Waals surface area contributed by atoms with E-state index in [1.54, 1.807) is 13.3 Å². The molecule has 0 radical (unpaired) electrons. The molecule has 0 spiro atoms. The molecule has 1 aliphatic heterocycles. The quantitative estimate of drug-likeness (QED) is 0.581. The second-order valence-electron chi connectivity index (χ2n) is 7.46. The van der Waals surface area contributed by atoms with E-state index >= 15 is 0 Å². The van der Waals surface area contributed by atoms with Gasteiger partial charge in [-0.05, 0) is 55.1 Å². The number of benzene rings is 1. The van der Waals surface area contributed by atoms with Crippen LogP contribution in [0.3, 0.4) is 0 Å². The van der Waals surface area contributed by atoms with Crippen LogP contribution in [0.2, 0.25) is 0 Å². The predicted molar refractivity (Wildman–Crippen MR) is 111 cm³/mol. The molecule has 0 bridgehead atoms.